The summed E-state index contributed by atoms with van der Waals surface area (Å²) in [5.74, 6) is -0.204. The van der Waals surface area contributed by atoms with Crippen molar-refractivity contribution in [2.75, 3.05) is 6.54 Å². The average Bonchev–Trinajstić information content (AvgIpc) is 2.61. The molecule has 0 radical (unpaired) electrons. The molecule has 0 saturated heterocycles. The highest BCUT2D eigenvalue weighted by Gasteiger charge is 2.16. The van der Waals surface area contributed by atoms with Crippen LogP contribution in [0.25, 0.3) is 0 Å². The third kappa shape index (κ3) is 4.77. The number of hydrogen-bond donors (Lipinski definition) is 2. The molecule has 3 N–H and O–H groups in total. The number of nitrogens with two attached hydrogens (primary N) is 1. The highest BCUT2D eigenvalue weighted by Crippen LogP contribution is 2.12. The topological polar surface area (TPSA) is 72.2 Å². The summed E-state index contributed by atoms with van der Waals surface area (Å²) in [5, 5.41) is 2.87. The Balaban J connectivity index is 1.96. The molecule has 0 bridgehead atoms. The van der Waals surface area contributed by atoms with E-state index in [1.165, 1.54) is 0 Å². The van der Waals surface area contributed by atoms with Crippen molar-refractivity contribution < 1.29 is 9.59 Å². The van der Waals surface area contributed by atoms with Crippen molar-refractivity contribution >= 4 is 11.7 Å². The Morgan fingerprint density at radius 1 is 0.958 bits per heavy atom. The van der Waals surface area contributed by atoms with Crippen molar-refractivity contribution in [3.05, 3.63) is 71.3 Å². The first-order valence-corrected chi connectivity index (χ1v) is 8.20. The summed E-state index contributed by atoms with van der Waals surface area (Å²) in [5.41, 5.74) is 7.54. The number of ketones is 1. The molecule has 0 aliphatic carbocycles. The monoisotopic (exact) mass is 324 g/mol. The highest BCUT2D eigenvalue weighted by atomic mass is 16.1. The van der Waals surface area contributed by atoms with Crippen molar-refractivity contribution in [1.29, 1.82) is 0 Å². The largest absolute Gasteiger partial charge is 0.352 e. The van der Waals surface area contributed by atoms with Crippen LogP contribution in [0.2, 0.25) is 0 Å². The molecule has 0 aliphatic heterocycles. The van der Waals surface area contributed by atoms with E-state index in [1.54, 1.807) is 36.4 Å². The van der Waals surface area contributed by atoms with Gasteiger partial charge in [0.25, 0.3) is 5.91 Å². The summed E-state index contributed by atoms with van der Waals surface area (Å²) in [4.78, 5) is 24.5. The number of rotatable bonds is 7. The van der Waals surface area contributed by atoms with E-state index in [9.17, 15) is 9.59 Å². The van der Waals surface area contributed by atoms with Crippen LogP contribution in [-0.2, 0) is 0 Å². The molecule has 2 aromatic rings. The van der Waals surface area contributed by atoms with Gasteiger partial charge in [0.1, 0.15) is 0 Å². The second-order valence-corrected chi connectivity index (χ2v) is 6.29. The quantitative estimate of drug-likeness (QED) is 0.768. The summed E-state index contributed by atoms with van der Waals surface area (Å²) in [6, 6.07) is 15.8. The van der Waals surface area contributed by atoms with Crippen LogP contribution in [0, 0.1) is 0 Å². The molecule has 1 unspecified atom stereocenters. The zero-order chi connectivity index (χ0) is 17.6. The van der Waals surface area contributed by atoms with E-state index in [2.05, 4.69) is 5.32 Å². The minimum Gasteiger partial charge on any atom is -0.352 e. The molecule has 4 nitrogen and oxygen atoms in total. The summed E-state index contributed by atoms with van der Waals surface area (Å²) in [7, 11) is 0. The Morgan fingerprint density at radius 2 is 1.50 bits per heavy atom. The van der Waals surface area contributed by atoms with E-state index < -0.39 is 0 Å². The Hall–Kier alpha value is -2.46. The highest BCUT2D eigenvalue weighted by molar-refractivity contribution is 6.09. The standard InChI is InChI=1S/C20H24N2O2/c1-3-20(2,21)13-14-22-19(24)17-11-9-16(10-12-17)18(23)15-7-5-4-6-8-15/h4-12H,3,13-14,21H2,1-2H3,(H,22,24). The second-order valence-electron chi connectivity index (χ2n) is 6.29. The van der Waals surface area contributed by atoms with Gasteiger partial charge in [-0.2, -0.15) is 0 Å². The van der Waals surface area contributed by atoms with Gasteiger partial charge in [-0.3, -0.25) is 9.59 Å². The lowest BCUT2D eigenvalue weighted by Crippen LogP contribution is -2.39. The van der Waals surface area contributed by atoms with Crippen LogP contribution in [0.3, 0.4) is 0 Å². The number of amides is 1. The summed E-state index contributed by atoms with van der Waals surface area (Å²) < 4.78 is 0. The maximum Gasteiger partial charge on any atom is 0.251 e. The van der Waals surface area contributed by atoms with E-state index in [0.29, 0.717) is 23.2 Å². The van der Waals surface area contributed by atoms with Crippen LogP contribution < -0.4 is 11.1 Å². The number of benzene rings is 2. The maximum absolute atomic E-state index is 12.3. The lowest BCUT2D eigenvalue weighted by Gasteiger charge is -2.22. The van der Waals surface area contributed by atoms with Crippen molar-refractivity contribution in [2.45, 2.75) is 32.2 Å². The first-order chi connectivity index (χ1) is 11.4. The van der Waals surface area contributed by atoms with E-state index in [0.717, 1.165) is 12.8 Å². The third-order valence-electron chi connectivity index (χ3n) is 4.23. The minimum absolute atomic E-state index is 0.0515. The Labute approximate surface area is 143 Å². The third-order valence-corrected chi connectivity index (χ3v) is 4.23. The molecule has 1 atom stereocenters. The van der Waals surface area contributed by atoms with Crippen LogP contribution in [-0.4, -0.2) is 23.8 Å². The smallest absolute Gasteiger partial charge is 0.251 e. The molecule has 0 aliphatic rings. The van der Waals surface area contributed by atoms with Gasteiger partial charge in [0.05, 0.1) is 0 Å². The number of nitrogens with one attached hydrogen (secondary N) is 1. The lowest BCUT2D eigenvalue weighted by molar-refractivity contribution is 0.0949. The number of hydrogen-bond acceptors (Lipinski definition) is 3. The fraction of sp³-hybridized carbons (Fsp3) is 0.300. The van der Waals surface area contributed by atoms with Gasteiger partial charge < -0.3 is 11.1 Å². The Morgan fingerprint density at radius 3 is 2.08 bits per heavy atom. The van der Waals surface area contributed by atoms with Crippen molar-refractivity contribution in [3.63, 3.8) is 0 Å². The number of carbonyl (C=O) groups is 2. The van der Waals surface area contributed by atoms with Gasteiger partial charge in [0.2, 0.25) is 0 Å². The van der Waals surface area contributed by atoms with Gasteiger partial charge in [-0.1, -0.05) is 49.4 Å². The molecule has 2 aromatic carbocycles. The van der Waals surface area contributed by atoms with Gasteiger partial charge in [-0.15, -0.1) is 0 Å². The fourth-order valence-electron chi connectivity index (χ4n) is 2.27. The van der Waals surface area contributed by atoms with Gasteiger partial charge in [0, 0.05) is 28.8 Å². The van der Waals surface area contributed by atoms with E-state index >= 15 is 0 Å². The van der Waals surface area contributed by atoms with Crippen molar-refractivity contribution in [2.24, 2.45) is 5.73 Å². The van der Waals surface area contributed by atoms with Crippen LogP contribution in [0.5, 0.6) is 0 Å². The van der Waals surface area contributed by atoms with Crippen molar-refractivity contribution in [3.8, 4) is 0 Å². The lowest BCUT2D eigenvalue weighted by atomic mass is 9.96. The fourth-order valence-corrected chi connectivity index (χ4v) is 2.27. The normalized spacial score (nSPS) is 13.1. The van der Waals surface area contributed by atoms with Crippen LogP contribution in [0.4, 0.5) is 0 Å². The predicted molar refractivity (Wildman–Crippen MR) is 96.2 cm³/mol. The molecule has 24 heavy (non-hydrogen) atoms. The minimum atomic E-state index is -0.265. The van der Waals surface area contributed by atoms with Gasteiger partial charge >= 0.3 is 0 Å². The first-order valence-electron chi connectivity index (χ1n) is 8.20. The zero-order valence-electron chi connectivity index (χ0n) is 14.2. The van der Waals surface area contributed by atoms with E-state index in [4.69, 9.17) is 5.73 Å². The zero-order valence-corrected chi connectivity index (χ0v) is 14.2. The van der Waals surface area contributed by atoms with Gasteiger partial charge in [0.15, 0.2) is 5.78 Å². The molecular formula is C20H24N2O2. The molecule has 0 spiro atoms. The first kappa shape index (κ1) is 17.9. The molecular weight excluding hydrogens is 300 g/mol. The van der Waals surface area contributed by atoms with Gasteiger partial charge in [-0.25, -0.2) is 0 Å². The second kappa shape index (κ2) is 7.88. The summed E-state index contributed by atoms with van der Waals surface area (Å²) in [6.07, 6.45) is 1.58. The Bertz CT molecular complexity index is 691. The van der Waals surface area contributed by atoms with Crippen LogP contribution in [0.15, 0.2) is 54.6 Å². The molecule has 0 heterocycles. The summed E-state index contributed by atoms with van der Waals surface area (Å²) >= 11 is 0. The van der Waals surface area contributed by atoms with E-state index in [1.807, 2.05) is 32.0 Å². The molecule has 1 amide bonds. The Kier molecular flexibility index (Phi) is 5.88. The SMILES string of the molecule is CCC(C)(N)CCNC(=O)c1ccc(C(=O)c2ccccc2)cc1. The molecule has 0 fully saturated rings. The average molecular weight is 324 g/mol. The van der Waals surface area contributed by atoms with Crippen LogP contribution >= 0.6 is 0 Å². The molecule has 0 saturated carbocycles. The maximum atomic E-state index is 12.3. The molecule has 4 heteroatoms. The van der Waals surface area contributed by atoms with Crippen LogP contribution in [0.1, 0.15) is 53.0 Å². The van der Waals surface area contributed by atoms with Gasteiger partial charge in [-0.05, 0) is 31.9 Å². The summed E-state index contributed by atoms with van der Waals surface area (Å²) in [6.45, 7) is 4.54. The van der Waals surface area contributed by atoms with E-state index in [-0.39, 0.29) is 17.2 Å². The molecule has 0 aromatic heterocycles. The van der Waals surface area contributed by atoms with Crippen molar-refractivity contribution in [1.82, 2.24) is 5.32 Å². The molecule has 126 valence electrons. The predicted octanol–water partition coefficient (Wildman–Crippen LogP) is 3.16. The number of carbonyl (C=O) groups excluding carboxylic acids is 2. The molecule has 2 rings (SSSR count).